The van der Waals surface area contributed by atoms with Crippen LogP contribution in [0.3, 0.4) is 0 Å². The molecule has 0 aliphatic rings. The van der Waals surface area contributed by atoms with Crippen molar-refractivity contribution in [2.24, 2.45) is 5.73 Å². The first-order chi connectivity index (χ1) is 9.58. The van der Waals surface area contributed by atoms with Gasteiger partial charge in [-0.05, 0) is 25.5 Å². The predicted molar refractivity (Wildman–Crippen MR) is 80.7 cm³/mol. The number of benzene rings is 2. The fourth-order valence-corrected chi connectivity index (χ4v) is 2.10. The Bertz CT molecular complexity index is 552. The maximum absolute atomic E-state index is 10.1. The van der Waals surface area contributed by atoms with E-state index in [2.05, 4.69) is 0 Å². The molecule has 0 radical (unpaired) electrons. The van der Waals surface area contributed by atoms with Crippen molar-refractivity contribution in [3.8, 4) is 5.75 Å². The van der Waals surface area contributed by atoms with E-state index >= 15 is 0 Å². The molecule has 2 aromatic rings. The molecule has 2 aromatic carbocycles. The molecule has 3 heteroatoms. The topological polar surface area (TPSA) is 55.5 Å². The Kier molecular flexibility index (Phi) is 4.77. The van der Waals surface area contributed by atoms with Gasteiger partial charge in [0.05, 0.1) is 0 Å². The molecule has 1 unspecified atom stereocenters. The van der Waals surface area contributed by atoms with Gasteiger partial charge in [-0.15, -0.1) is 0 Å². The highest BCUT2D eigenvalue weighted by Crippen LogP contribution is 2.26. The summed E-state index contributed by atoms with van der Waals surface area (Å²) in [6, 6.07) is 15.3. The van der Waals surface area contributed by atoms with Gasteiger partial charge in [0.25, 0.3) is 0 Å². The molecule has 106 valence electrons. The van der Waals surface area contributed by atoms with Crippen molar-refractivity contribution in [3.05, 3.63) is 65.2 Å². The number of nitrogens with two attached hydrogens (primary N) is 1. The average molecular weight is 271 g/mol. The zero-order chi connectivity index (χ0) is 14.5. The lowest BCUT2D eigenvalue weighted by atomic mass is 10.0. The summed E-state index contributed by atoms with van der Waals surface area (Å²) in [5, 5.41) is 10.1. The van der Waals surface area contributed by atoms with Gasteiger partial charge in [0.15, 0.2) is 0 Å². The summed E-state index contributed by atoms with van der Waals surface area (Å²) >= 11 is 0. The first kappa shape index (κ1) is 14.6. The molecule has 0 aliphatic heterocycles. The maximum atomic E-state index is 10.1. The number of hydrogen-bond donors (Lipinski definition) is 2. The Balaban J connectivity index is 2.08. The first-order valence-corrected chi connectivity index (χ1v) is 6.80. The molecule has 2 rings (SSSR count). The Morgan fingerprint density at radius 3 is 2.50 bits per heavy atom. The van der Waals surface area contributed by atoms with Gasteiger partial charge in [0.1, 0.15) is 18.5 Å². The highest BCUT2D eigenvalue weighted by molar-refractivity contribution is 5.38. The summed E-state index contributed by atoms with van der Waals surface area (Å²) in [6.45, 7) is 4.16. The number of aliphatic hydroxyl groups is 1. The summed E-state index contributed by atoms with van der Waals surface area (Å²) in [4.78, 5) is 0. The van der Waals surface area contributed by atoms with Crippen molar-refractivity contribution in [3.63, 3.8) is 0 Å². The van der Waals surface area contributed by atoms with Gasteiger partial charge in [0, 0.05) is 11.6 Å². The Morgan fingerprint density at radius 2 is 1.85 bits per heavy atom. The lowest BCUT2D eigenvalue weighted by molar-refractivity contribution is 0.107. The summed E-state index contributed by atoms with van der Waals surface area (Å²) in [6.07, 6.45) is -0.640. The summed E-state index contributed by atoms with van der Waals surface area (Å²) in [5.41, 5.74) is 8.92. The number of ether oxygens (including phenoxy) is 1. The van der Waals surface area contributed by atoms with Gasteiger partial charge in [-0.3, -0.25) is 0 Å². The van der Waals surface area contributed by atoms with Crippen LogP contribution in [0.2, 0.25) is 0 Å². The molecular formula is C17H21NO2. The van der Waals surface area contributed by atoms with Crippen LogP contribution in [0.1, 0.15) is 35.8 Å². The molecule has 2 atom stereocenters. The number of rotatable bonds is 5. The van der Waals surface area contributed by atoms with Gasteiger partial charge in [0.2, 0.25) is 0 Å². The van der Waals surface area contributed by atoms with E-state index in [1.54, 1.807) is 0 Å². The number of aliphatic hydroxyl groups excluding tert-OH is 1. The van der Waals surface area contributed by atoms with Gasteiger partial charge in [-0.2, -0.15) is 0 Å². The van der Waals surface area contributed by atoms with E-state index in [0.717, 1.165) is 22.4 Å². The number of hydrogen-bond acceptors (Lipinski definition) is 3. The quantitative estimate of drug-likeness (QED) is 0.878. The van der Waals surface area contributed by atoms with Crippen LogP contribution in [-0.2, 0) is 0 Å². The van der Waals surface area contributed by atoms with Gasteiger partial charge in [-0.25, -0.2) is 0 Å². The minimum Gasteiger partial charge on any atom is -0.490 e. The smallest absolute Gasteiger partial charge is 0.124 e. The van der Waals surface area contributed by atoms with Gasteiger partial charge >= 0.3 is 0 Å². The van der Waals surface area contributed by atoms with Gasteiger partial charge < -0.3 is 15.6 Å². The number of aryl methyl sites for hydroxylation is 1. The predicted octanol–water partition coefficient (Wildman–Crippen LogP) is 3.13. The SMILES string of the molecule is Cc1ccc(OCC(O)c2ccccc2)c([C@@H](C)N)c1. The molecule has 0 bridgehead atoms. The molecule has 0 aliphatic carbocycles. The van der Waals surface area contributed by atoms with Crippen LogP contribution in [0.4, 0.5) is 0 Å². The zero-order valence-electron chi connectivity index (χ0n) is 11.9. The molecule has 0 saturated carbocycles. The summed E-state index contributed by atoms with van der Waals surface area (Å²) < 4.78 is 5.74. The zero-order valence-corrected chi connectivity index (χ0v) is 11.9. The van der Waals surface area contributed by atoms with E-state index in [1.165, 1.54) is 0 Å². The standard InChI is InChI=1S/C17H21NO2/c1-12-8-9-17(15(10-12)13(2)18)20-11-16(19)14-6-4-3-5-7-14/h3-10,13,16,19H,11,18H2,1-2H3/t13-,16?/m1/s1. The molecule has 0 amide bonds. The third-order valence-electron chi connectivity index (χ3n) is 3.24. The first-order valence-electron chi connectivity index (χ1n) is 6.80. The second-order valence-electron chi connectivity index (χ2n) is 5.07. The molecule has 0 aromatic heterocycles. The third-order valence-corrected chi connectivity index (χ3v) is 3.24. The highest BCUT2D eigenvalue weighted by Gasteiger charge is 2.12. The molecule has 20 heavy (non-hydrogen) atoms. The van der Waals surface area contributed by atoms with E-state index in [9.17, 15) is 5.11 Å². The van der Waals surface area contributed by atoms with Crippen molar-refractivity contribution < 1.29 is 9.84 Å². The lowest BCUT2D eigenvalue weighted by Gasteiger charge is -2.17. The van der Waals surface area contributed by atoms with Crippen LogP contribution in [-0.4, -0.2) is 11.7 Å². The molecule has 0 fully saturated rings. The Morgan fingerprint density at radius 1 is 1.15 bits per heavy atom. The van der Waals surface area contributed by atoms with E-state index in [-0.39, 0.29) is 12.6 Å². The van der Waals surface area contributed by atoms with Crippen LogP contribution in [0.25, 0.3) is 0 Å². The largest absolute Gasteiger partial charge is 0.490 e. The fraction of sp³-hybridized carbons (Fsp3) is 0.294. The minimum absolute atomic E-state index is 0.0984. The van der Waals surface area contributed by atoms with Crippen LogP contribution in [0, 0.1) is 6.92 Å². The van der Waals surface area contributed by atoms with Crippen molar-refractivity contribution in [1.82, 2.24) is 0 Å². The third kappa shape index (κ3) is 3.59. The van der Waals surface area contributed by atoms with Crippen molar-refractivity contribution in [2.75, 3.05) is 6.61 Å². The highest BCUT2D eigenvalue weighted by atomic mass is 16.5. The molecule has 3 nitrogen and oxygen atoms in total. The van der Waals surface area contributed by atoms with Crippen molar-refractivity contribution >= 4 is 0 Å². The molecule has 0 spiro atoms. The summed E-state index contributed by atoms with van der Waals surface area (Å²) in [7, 11) is 0. The summed E-state index contributed by atoms with van der Waals surface area (Å²) in [5.74, 6) is 0.737. The monoisotopic (exact) mass is 271 g/mol. The van der Waals surface area contributed by atoms with E-state index in [0.29, 0.717) is 0 Å². The van der Waals surface area contributed by atoms with Crippen LogP contribution < -0.4 is 10.5 Å². The average Bonchev–Trinajstić information content (AvgIpc) is 2.46. The van der Waals surface area contributed by atoms with Crippen LogP contribution in [0.15, 0.2) is 48.5 Å². The lowest BCUT2D eigenvalue weighted by Crippen LogP contribution is -2.13. The fourth-order valence-electron chi connectivity index (χ4n) is 2.10. The Hall–Kier alpha value is -1.84. The Labute approximate surface area is 120 Å². The van der Waals surface area contributed by atoms with Crippen LogP contribution in [0.5, 0.6) is 5.75 Å². The maximum Gasteiger partial charge on any atom is 0.124 e. The molecular weight excluding hydrogens is 250 g/mol. The second kappa shape index (κ2) is 6.55. The second-order valence-corrected chi connectivity index (χ2v) is 5.07. The van der Waals surface area contributed by atoms with Crippen molar-refractivity contribution in [1.29, 1.82) is 0 Å². The van der Waals surface area contributed by atoms with Crippen molar-refractivity contribution in [2.45, 2.75) is 26.0 Å². The van der Waals surface area contributed by atoms with E-state index in [4.69, 9.17) is 10.5 Å². The molecule has 0 saturated heterocycles. The van der Waals surface area contributed by atoms with Crippen LogP contribution >= 0.6 is 0 Å². The molecule has 0 heterocycles. The molecule has 3 N–H and O–H groups in total. The normalized spacial score (nSPS) is 13.8. The van der Waals surface area contributed by atoms with Gasteiger partial charge in [-0.1, -0.05) is 48.0 Å². The minimum atomic E-state index is -0.640. The van der Waals surface area contributed by atoms with E-state index < -0.39 is 6.10 Å². The van der Waals surface area contributed by atoms with E-state index in [1.807, 2.05) is 62.4 Å².